The fourth-order valence-electron chi connectivity index (χ4n) is 1.99. The van der Waals surface area contributed by atoms with E-state index in [0.717, 1.165) is 25.9 Å². The molecule has 1 saturated heterocycles. The van der Waals surface area contributed by atoms with Gasteiger partial charge < -0.3 is 10.6 Å². The molecule has 0 aliphatic carbocycles. The zero-order chi connectivity index (χ0) is 13.0. The number of halogens is 2. The highest BCUT2D eigenvalue weighted by atomic mass is 35.5. The molecule has 0 saturated carbocycles. The van der Waals surface area contributed by atoms with Crippen molar-refractivity contribution in [2.24, 2.45) is 0 Å². The van der Waals surface area contributed by atoms with Crippen molar-refractivity contribution >= 4 is 29.9 Å². The van der Waals surface area contributed by atoms with Crippen molar-refractivity contribution in [1.82, 2.24) is 10.6 Å². The van der Waals surface area contributed by atoms with Crippen LogP contribution in [0, 0.1) is 11.3 Å². The van der Waals surface area contributed by atoms with E-state index in [1.54, 1.807) is 12.1 Å². The van der Waals surface area contributed by atoms with Crippen LogP contribution in [-0.2, 0) is 0 Å². The molecule has 0 radical (unpaired) electrons. The Morgan fingerprint density at radius 2 is 2.32 bits per heavy atom. The van der Waals surface area contributed by atoms with Gasteiger partial charge in [0.1, 0.15) is 6.07 Å². The van der Waals surface area contributed by atoms with Gasteiger partial charge in [0.15, 0.2) is 0 Å². The van der Waals surface area contributed by atoms with E-state index < -0.39 is 0 Å². The lowest BCUT2D eigenvalue weighted by molar-refractivity contribution is 0.0930. The molecule has 1 fully saturated rings. The number of nitriles is 1. The minimum Gasteiger partial charge on any atom is -0.348 e. The highest BCUT2D eigenvalue weighted by Crippen LogP contribution is 2.17. The molecule has 4 nitrogen and oxygen atoms in total. The van der Waals surface area contributed by atoms with E-state index in [4.69, 9.17) is 16.9 Å². The van der Waals surface area contributed by atoms with E-state index in [2.05, 4.69) is 10.6 Å². The van der Waals surface area contributed by atoms with E-state index >= 15 is 0 Å². The normalized spacial score (nSPS) is 18.0. The van der Waals surface area contributed by atoms with E-state index in [-0.39, 0.29) is 24.4 Å². The minimum atomic E-state index is -0.143. The maximum Gasteiger partial charge on any atom is 0.251 e. The molecule has 1 aromatic carbocycles. The number of nitrogens with zero attached hydrogens (tertiary/aromatic N) is 1. The highest BCUT2D eigenvalue weighted by molar-refractivity contribution is 6.32. The molecule has 1 atom stereocenters. The molecule has 1 heterocycles. The summed E-state index contributed by atoms with van der Waals surface area (Å²) in [6.45, 7) is 1.81. The maximum atomic E-state index is 12.0. The highest BCUT2D eigenvalue weighted by Gasteiger charge is 2.16. The van der Waals surface area contributed by atoms with Crippen LogP contribution in [0.5, 0.6) is 0 Å². The molecule has 1 aliphatic rings. The number of nitrogens with one attached hydrogen (secondary N) is 2. The third kappa shape index (κ3) is 4.10. The van der Waals surface area contributed by atoms with Crippen molar-refractivity contribution in [3.63, 3.8) is 0 Å². The van der Waals surface area contributed by atoms with E-state index in [1.807, 2.05) is 6.07 Å². The Balaban J connectivity index is 0.00000180. The van der Waals surface area contributed by atoms with Crippen LogP contribution in [0.25, 0.3) is 0 Å². The third-order valence-electron chi connectivity index (χ3n) is 2.98. The summed E-state index contributed by atoms with van der Waals surface area (Å²) in [5.41, 5.74) is 0.872. The van der Waals surface area contributed by atoms with Gasteiger partial charge in [-0.3, -0.25) is 4.79 Å². The summed E-state index contributed by atoms with van der Waals surface area (Å²) in [6.07, 6.45) is 2.06. The van der Waals surface area contributed by atoms with Crippen molar-refractivity contribution in [2.75, 3.05) is 13.1 Å². The molecular formula is C13H15Cl2N3O. The summed E-state index contributed by atoms with van der Waals surface area (Å²) in [7, 11) is 0. The van der Waals surface area contributed by atoms with Gasteiger partial charge >= 0.3 is 0 Å². The number of hydrogen-bond donors (Lipinski definition) is 2. The van der Waals surface area contributed by atoms with Gasteiger partial charge in [-0.1, -0.05) is 11.6 Å². The fraction of sp³-hybridized carbons (Fsp3) is 0.385. The molecule has 1 aliphatic heterocycles. The van der Waals surface area contributed by atoms with Crippen molar-refractivity contribution < 1.29 is 4.79 Å². The van der Waals surface area contributed by atoms with Crippen LogP contribution in [0.2, 0.25) is 5.02 Å². The monoisotopic (exact) mass is 299 g/mol. The summed E-state index contributed by atoms with van der Waals surface area (Å²) in [5.74, 6) is -0.143. The van der Waals surface area contributed by atoms with Gasteiger partial charge in [-0.25, -0.2) is 0 Å². The third-order valence-corrected chi connectivity index (χ3v) is 3.30. The smallest absolute Gasteiger partial charge is 0.251 e. The van der Waals surface area contributed by atoms with Crippen molar-refractivity contribution in [3.8, 4) is 6.07 Å². The van der Waals surface area contributed by atoms with Crippen LogP contribution in [0.4, 0.5) is 0 Å². The van der Waals surface area contributed by atoms with Crippen LogP contribution in [0.15, 0.2) is 18.2 Å². The predicted molar refractivity (Wildman–Crippen MR) is 76.8 cm³/mol. The van der Waals surface area contributed by atoms with Crippen molar-refractivity contribution in [1.29, 1.82) is 5.26 Å². The van der Waals surface area contributed by atoms with Gasteiger partial charge in [0, 0.05) is 18.2 Å². The summed E-state index contributed by atoms with van der Waals surface area (Å²) < 4.78 is 0. The van der Waals surface area contributed by atoms with E-state index in [0.29, 0.717) is 16.1 Å². The second kappa shape index (κ2) is 7.34. The molecule has 1 amide bonds. The first-order valence-corrected chi connectivity index (χ1v) is 6.29. The van der Waals surface area contributed by atoms with Gasteiger partial charge in [-0.2, -0.15) is 5.26 Å². The Hall–Kier alpha value is -1.28. The average Bonchev–Trinajstić information content (AvgIpc) is 2.39. The predicted octanol–water partition coefficient (Wildman–Crippen LogP) is 2.12. The van der Waals surface area contributed by atoms with Crippen LogP contribution >= 0.6 is 24.0 Å². The van der Waals surface area contributed by atoms with Gasteiger partial charge in [0.05, 0.1) is 10.6 Å². The van der Waals surface area contributed by atoms with Crippen LogP contribution in [0.3, 0.4) is 0 Å². The maximum absolute atomic E-state index is 12.0. The number of benzene rings is 1. The second-order valence-corrected chi connectivity index (χ2v) is 4.73. The zero-order valence-electron chi connectivity index (χ0n) is 10.3. The van der Waals surface area contributed by atoms with Crippen LogP contribution < -0.4 is 10.6 Å². The Bertz CT molecular complexity index is 493. The molecule has 0 spiro atoms. The number of piperidine rings is 1. The fourth-order valence-corrected chi connectivity index (χ4v) is 2.21. The minimum absolute atomic E-state index is 0. The molecule has 102 valence electrons. The first-order valence-electron chi connectivity index (χ1n) is 5.92. The molecule has 2 N–H and O–H groups in total. The number of carbonyl (C=O) groups is 1. The Labute approximate surface area is 123 Å². The lowest BCUT2D eigenvalue weighted by Crippen LogP contribution is -2.45. The Morgan fingerprint density at radius 3 is 2.89 bits per heavy atom. The summed E-state index contributed by atoms with van der Waals surface area (Å²) >= 11 is 5.90. The van der Waals surface area contributed by atoms with E-state index in [9.17, 15) is 4.79 Å². The first-order chi connectivity index (χ1) is 8.70. The summed E-state index contributed by atoms with van der Waals surface area (Å²) in [4.78, 5) is 12.0. The molecule has 0 bridgehead atoms. The van der Waals surface area contributed by atoms with Gasteiger partial charge in [0.25, 0.3) is 5.91 Å². The molecular weight excluding hydrogens is 285 g/mol. The molecule has 19 heavy (non-hydrogen) atoms. The molecule has 1 unspecified atom stereocenters. The topological polar surface area (TPSA) is 64.9 Å². The van der Waals surface area contributed by atoms with Gasteiger partial charge in [-0.15, -0.1) is 12.4 Å². The van der Waals surface area contributed by atoms with Crippen LogP contribution in [-0.4, -0.2) is 25.0 Å². The summed E-state index contributed by atoms with van der Waals surface area (Å²) in [5, 5.41) is 15.3. The van der Waals surface area contributed by atoms with Crippen molar-refractivity contribution in [2.45, 2.75) is 18.9 Å². The number of hydrogen-bond acceptors (Lipinski definition) is 3. The molecule has 2 rings (SSSR count). The standard InChI is InChI=1S/C13H14ClN3O.ClH/c14-12-6-9(3-4-10(12)7-15)13(18)17-11-2-1-5-16-8-11;/h3-4,6,11,16H,1-2,5,8H2,(H,17,18);1H. The Kier molecular flexibility index (Phi) is 6.10. The average molecular weight is 300 g/mol. The Morgan fingerprint density at radius 1 is 1.53 bits per heavy atom. The number of carbonyl (C=O) groups excluding carboxylic acids is 1. The number of rotatable bonds is 2. The molecule has 0 aromatic heterocycles. The molecule has 1 aromatic rings. The van der Waals surface area contributed by atoms with Crippen LogP contribution in [0.1, 0.15) is 28.8 Å². The SMILES string of the molecule is Cl.N#Cc1ccc(C(=O)NC2CCCNC2)cc1Cl. The quantitative estimate of drug-likeness (QED) is 0.879. The molecule has 6 heteroatoms. The summed E-state index contributed by atoms with van der Waals surface area (Å²) in [6, 6.07) is 6.86. The lowest BCUT2D eigenvalue weighted by Gasteiger charge is -2.23. The number of amides is 1. The lowest BCUT2D eigenvalue weighted by atomic mass is 10.1. The first kappa shape index (κ1) is 15.8. The zero-order valence-corrected chi connectivity index (χ0v) is 11.9. The second-order valence-electron chi connectivity index (χ2n) is 4.32. The van der Waals surface area contributed by atoms with Gasteiger partial charge in [-0.05, 0) is 37.6 Å². The van der Waals surface area contributed by atoms with Crippen molar-refractivity contribution in [3.05, 3.63) is 34.3 Å². The van der Waals surface area contributed by atoms with Gasteiger partial charge in [0.2, 0.25) is 0 Å². The largest absolute Gasteiger partial charge is 0.348 e. The van der Waals surface area contributed by atoms with E-state index in [1.165, 1.54) is 6.07 Å².